The number of anilines is 1. The summed E-state index contributed by atoms with van der Waals surface area (Å²) >= 11 is 0. The van der Waals surface area contributed by atoms with Crippen LogP contribution in [0.15, 0.2) is 24.4 Å². The van der Waals surface area contributed by atoms with E-state index in [2.05, 4.69) is 36.5 Å². The van der Waals surface area contributed by atoms with Crippen LogP contribution < -0.4 is 17.0 Å². The van der Waals surface area contributed by atoms with Crippen molar-refractivity contribution in [2.24, 2.45) is 12.9 Å². The summed E-state index contributed by atoms with van der Waals surface area (Å²) in [5.41, 5.74) is 13.3. The zero-order valence-corrected chi connectivity index (χ0v) is 10.9. The van der Waals surface area contributed by atoms with Gasteiger partial charge in [-0.3, -0.25) is 10.5 Å². The standard InChI is InChI=1S/C13H19N5/c1-8-5-4-6-10(9(8)2)12(17-15)11-7-16-18(3)13(11)14/h4-7,12,17H,14-15H2,1-3H3. The van der Waals surface area contributed by atoms with E-state index in [9.17, 15) is 0 Å². The van der Waals surface area contributed by atoms with Gasteiger partial charge in [0.15, 0.2) is 0 Å². The SMILES string of the molecule is Cc1cccc(C(NN)c2cnn(C)c2N)c1C. The Hall–Kier alpha value is -1.85. The van der Waals surface area contributed by atoms with Crippen molar-refractivity contribution < 1.29 is 0 Å². The maximum absolute atomic E-state index is 6.01. The molecule has 0 spiro atoms. The number of hydrazine groups is 1. The van der Waals surface area contributed by atoms with Crippen LogP contribution in [0.4, 0.5) is 5.82 Å². The molecule has 5 N–H and O–H groups in total. The molecule has 2 rings (SSSR count). The summed E-state index contributed by atoms with van der Waals surface area (Å²) in [4.78, 5) is 0. The molecule has 1 unspecified atom stereocenters. The molecule has 5 heteroatoms. The van der Waals surface area contributed by atoms with Gasteiger partial charge in [-0.15, -0.1) is 0 Å². The second-order valence-electron chi connectivity index (χ2n) is 4.50. The number of nitrogen functional groups attached to an aromatic ring is 1. The molecule has 1 aromatic carbocycles. The van der Waals surface area contributed by atoms with Gasteiger partial charge < -0.3 is 5.73 Å². The first-order valence-electron chi connectivity index (χ1n) is 5.86. The fourth-order valence-corrected chi connectivity index (χ4v) is 2.12. The van der Waals surface area contributed by atoms with E-state index >= 15 is 0 Å². The third-order valence-corrected chi connectivity index (χ3v) is 3.45. The predicted octanol–water partition coefficient (Wildman–Crippen LogP) is 1.17. The van der Waals surface area contributed by atoms with Crippen molar-refractivity contribution >= 4 is 5.82 Å². The molecule has 0 bridgehead atoms. The Morgan fingerprint density at radius 1 is 1.28 bits per heavy atom. The van der Waals surface area contributed by atoms with Crippen LogP contribution >= 0.6 is 0 Å². The van der Waals surface area contributed by atoms with E-state index < -0.39 is 0 Å². The van der Waals surface area contributed by atoms with Gasteiger partial charge in [-0.25, -0.2) is 5.43 Å². The molecule has 0 saturated heterocycles. The van der Waals surface area contributed by atoms with E-state index in [0.717, 1.165) is 11.1 Å². The van der Waals surface area contributed by atoms with E-state index in [4.69, 9.17) is 11.6 Å². The minimum atomic E-state index is -0.140. The Bertz CT molecular complexity index is 559. The highest BCUT2D eigenvalue weighted by molar-refractivity contribution is 5.48. The number of hydrogen-bond acceptors (Lipinski definition) is 4. The number of aryl methyl sites for hydroxylation is 2. The summed E-state index contributed by atoms with van der Waals surface area (Å²) in [6.45, 7) is 4.17. The fraction of sp³-hybridized carbons (Fsp3) is 0.308. The minimum absolute atomic E-state index is 0.140. The molecule has 1 heterocycles. The third-order valence-electron chi connectivity index (χ3n) is 3.45. The molecule has 18 heavy (non-hydrogen) atoms. The van der Waals surface area contributed by atoms with Crippen LogP contribution in [0.3, 0.4) is 0 Å². The van der Waals surface area contributed by atoms with Gasteiger partial charge in [-0.05, 0) is 30.5 Å². The van der Waals surface area contributed by atoms with E-state index in [1.807, 2.05) is 13.1 Å². The molecule has 96 valence electrons. The van der Waals surface area contributed by atoms with Crippen molar-refractivity contribution in [3.63, 3.8) is 0 Å². The minimum Gasteiger partial charge on any atom is -0.384 e. The van der Waals surface area contributed by atoms with Gasteiger partial charge in [-0.1, -0.05) is 18.2 Å². The van der Waals surface area contributed by atoms with Crippen molar-refractivity contribution in [2.45, 2.75) is 19.9 Å². The van der Waals surface area contributed by atoms with Gasteiger partial charge in [0.2, 0.25) is 0 Å². The predicted molar refractivity (Wildman–Crippen MR) is 72.7 cm³/mol. The topological polar surface area (TPSA) is 81.9 Å². The van der Waals surface area contributed by atoms with Gasteiger partial charge in [-0.2, -0.15) is 5.10 Å². The lowest BCUT2D eigenvalue weighted by Crippen LogP contribution is -2.30. The zero-order valence-electron chi connectivity index (χ0n) is 10.9. The first-order valence-corrected chi connectivity index (χ1v) is 5.86. The van der Waals surface area contributed by atoms with Crippen LogP contribution in [-0.4, -0.2) is 9.78 Å². The second-order valence-corrected chi connectivity index (χ2v) is 4.50. The summed E-state index contributed by atoms with van der Waals surface area (Å²) in [6.07, 6.45) is 1.75. The monoisotopic (exact) mass is 245 g/mol. The maximum Gasteiger partial charge on any atom is 0.126 e. The van der Waals surface area contributed by atoms with E-state index in [1.165, 1.54) is 11.1 Å². The number of aromatic nitrogens is 2. The van der Waals surface area contributed by atoms with Crippen LogP contribution in [0.1, 0.15) is 28.3 Å². The molecule has 0 radical (unpaired) electrons. The smallest absolute Gasteiger partial charge is 0.126 e. The molecule has 0 aliphatic carbocycles. The Labute approximate surface area is 107 Å². The summed E-state index contributed by atoms with van der Waals surface area (Å²) in [7, 11) is 1.81. The van der Waals surface area contributed by atoms with Crippen molar-refractivity contribution in [3.8, 4) is 0 Å². The van der Waals surface area contributed by atoms with Gasteiger partial charge >= 0.3 is 0 Å². The summed E-state index contributed by atoms with van der Waals surface area (Å²) < 4.78 is 1.64. The molecule has 1 aromatic heterocycles. The molecule has 0 fully saturated rings. The number of hydrogen-bond donors (Lipinski definition) is 3. The Morgan fingerprint density at radius 3 is 2.56 bits per heavy atom. The number of rotatable bonds is 3. The number of nitrogens with one attached hydrogen (secondary N) is 1. The highest BCUT2D eigenvalue weighted by Crippen LogP contribution is 2.28. The largest absolute Gasteiger partial charge is 0.384 e. The average molecular weight is 245 g/mol. The summed E-state index contributed by atoms with van der Waals surface area (Å²) in [5.74, 6) is 6.32. The van der Waals surface area contributed by atoms with Gasteiger partial charge in [0.05, 0.1) is 12.2 Å². The Morgan fingerprint density at radius 2 is 2.00 bits per heavy atom. The van der Waals surface area contributed by atoms with Crippen molar-refractivity contribution in [1.29, 1.82) is 0 Å². The maximum atomic E-state index is 6.01. The van der Waals surface area contributed by atoms with Crippen LogP contribution in [0, 0.1) is 13.8 Å². The van der Waals surface area contributed by atoms with Crippen molar-refractivity contribution in [1.82, 2.24) is 15.2 Å². The van der Waals surface area contributed by atoms with Crippen molar-refractivity contribution in [2.75, 3.05) is 5.73 Å². The molecule has 1 atom stereocenters. The number of benzene rings is 1. The van der Waals surface area contributed by atoms with Crippen LogP contribution in [0.25, 0.3) is 0 Å². The molecule has 2 aromatic rings. The highest BCUT2D eigenvalue weighted by atomic mass is 15.3. The second kappa shape index (κ2) is 4.80. The molecule has 0 saturated carbocycles. The van der Waals surface area contributed by atoms with Gasteiger partial charge in [0, 0.05) is 12.6 Å². The van der Waals surface area contributed by atoms with Crippen LogP contribution in [0.2, 0.25) is 0 Å². The molecule has 5 nitrogen and oxygen atoms in total. The molecule has 0 amide bonds. The lowest BCUT2D eigenvalue weighted by atomic mass is 9.94. The molecular formula is C13H19N5. The summed E-state index contributed by atoms with van der Waals surface area (Å²) in [5, 5.41) is 4.16. The number of nitrogens with zero attached hydrogens (tertiary/aromatic N) is 2. The van der Waals surface area contributed by atoms with E-state index in [1.54, 1.807) is 10.9 Å². The van der Waals surface area contributed by atoms with E-state index in [-0.39, 0.29) is 6.04 Å². The summed E-state index contributed by atoms with van der Waals surface area (Å²) in [6, 6.07) is 6.02. The zero-order chi connectivity index (χ0) is 13.3. The molecule has 0 aliphatic heterocycles. The molecule has 0 aliphatic rings. The normalized spacial score (nSPS) is 12.7. The van der Waals surface area contributed by atoms with Crippen molar-refractivity contribution in [3.05, 3.63) is 46.6 Å². The van der Waals surface area contributed by atoms with Crippen LogP contribution in [-0.2, 0) is 7.05 Å². The average Bonchev–Trinajstić information content (AvgIpc) is 2.68. The highest BCUT2D eigenvalue weighted by Gasteiger charge is 2.20. The lowest BCUT2D eigenvalue weighted by molar-refractivity contribution is 0.634. The van der Waals surface area contributed by atoms with Gasteiger partial charge in [0.1, 0.15) is 5.82 Å². The quantitative estimate of drug-likeness (QED) is 0.560. The Balaban J connectivity index is 2.52. The third kappa shape index (κ3) is 1.98. The Kier molecular flexibility index (Phi) is 3.36. The van der Waals surface area contributed by atoms with E-state index in [0.29, 0.717) is 5.82 Å². The van der Waals surface area contributed by atoms with Crippen LogP contribution in [0.5, 0.6) is 0 Å². The lowest BCUT2D eigenvalue weighted by Gasteiger charge is -2.19. The fourth-order valence-electron chi connectivity index (χ4n) is 2.12. The first kappa shape index (κ1) is 12.6. The molecular weight excluding hydrogens is 226 g/mol. The number of nitrogens with two attached hydrogens (primary N) is 2. The first-order chi connectivity index (χ1) is 8.56. The van der Waals surface area contributed by atoms with Gasteiger partial charge in [0.25, 0.3) is 0 Å².